The second-order valence-corrected chi connectivity index (χ2v) is 5.76. The largest absolute Gasteiger partial charge is 0.310 e. The SMILES string of the molecule is CCc1c(CNC(C)C)cnn1-c1cc(C)cc(C)c1. The van der Waals surface area contributed by atoms with Crippen molar-refractivity contribution >= 4 is 0 Å². The first kappa shape index (κ1) is 14.8. The molecule has 0 aliphatic rings. The Kier molecular flexibility index (Phi) is 4.61. The zero-order valence-electron chi connectivity index (χ0n) is 13.2. The molecule has 0 aliphatic carbocycles. The average molecular weight is 271 g/mol. The molecule has 0 bridgehead atoms. The predicted octanol–water partition coefficient (Wildman–Crippen LogP) is 3.55. The van der Waals surface area contributed by atoms with E-state index in [2.05, 4.69) is 67.9 Å². The third kappa shape index (κ3) is 3.28. The minimum absolute atomic E-state index is 0.490. The van der Waals surface area contributed by atoms with Gasteiger partial charge in [-0.05, 0) is 43.5 Å². The Morgan fingerprint density at radius 3 is 2.35 bits per heavy atom. The fourth-order valence-electron chi connectivity index (χ4n) is 2.54. The third-order valence-electron chi connectivity index (χ3n) is 3.44. The number of benzene rings is 1. The highest BCUT2D eigenvalue weighted by Gasteiger charge is 2.11. The van der Waals surface area contributed by atoms with E-state index < -0.39 is 0 Å². The normalized spacial score (nSPS) is 11.3. The Morgan fingerprint density at radius 2 is 1.80 bits per heavy atom. The Bertz CT molecular complexity index is 562. The van der Waals surface area contributed by atoms with Crippen LogP contribution in [0.15, 0.2) is 24.4 Å². The highest BCUT2D eigenvalue weighted by Crippen LogP contribution is 2.18. The lowest BCUT2D eigenvalue weighted by atomic mass is 10.1. The summed E-state index contributed by atoms with van der Waals surface area (Å²) in [6.45, 7) is 11.7. The van der Waals surface area contributed by atoms with E-state index in [-0.39, 0.29) is 0 Å². The van der Waals surface area contributed by atoms with E-state index in [0.29, 0.717) is 6.04 Å². The summed E-state index contributed by atoms with van der Waals surface area (Å²) in [7, 11) is 0. The molecule has 1 aromatic carbocycles. The summed E-state index contributed by atoms with van der Waals surface area (Å²) < 4.78 is 2.08. The van der Waals surface area contributed by atoms with Gasteiger partial charge in [0.25, 0.3) is 0 Å². The van der Waals surface area contributed by atoms with Crippen LogP contribution in [0.5, 0.6) is 0 Å². The van der Waals surface area contributed by atoms with Gasteiger partial charge < -0.3 is 5.32 Å². The van der Waals surface area contributed by atoms with Gasteiger partial charge in [0.1, 0.15) is 0 Å². The van der Waals surface area contributed by atoms with E-state index in [1.165, 1.54) is 22.4 Å². The number of aromatic nitrogens is 2. The number of aryl methyl sites for hydroxylation is 2. The van der Waals surface area contributed by atoms with Crippen LogP contribution in [0.3, 0.4) is 0 Å². The topological polar surface area (TPSA) is 29.9 Å². The monoisotopic (exact) mass is 271 g/mol. The lowest BCUT2D eigenvalue weighted by Crippen LogP contribution is -2.22. The second-order valence-electron chi connectivity index (χ2n) is 5.76. The maximum Gasteiger partial charge on any atom is 0.0654 e. The number of hydrogen-bond donors (Lipinski definition) is 1. The second kappa shape index (κ2) is 6.23. The molecule has 0 radical (unpaired) electrons. The van der Waals surface area contributed by atoms with Crippen LogP contribution in [0.2, 0.25) is 0 Å². The van der Waals surface area contributed by atoms with Gasteiger partial charge in [-0.2, -0.15) is 5.10 Å². The van der Waals surface area contributed by atoms with Crippen molar-refractivity contribution in [2.24, 2.45) is 0 Å². The van der Waals surface area contributed by atoms with E-state index in [1.54, 1.807) is 0 Å². The molecule has 2 rings (SSSR count). The van der Waals surface area contributed by atoms with Crippen LogP contribution in [0.1, 0.15) is 43.2 Å². The molecule has 0 saturated carbocycles. The summed E-state index contributed by atoms with van der Waals surface area (Å²) in [5.74, 6) is 0. The molecular weight excluding hydrogens is 246 g/mol. The Balaban J connectivity index is 2.36. The Morgan fingerprint density at radius 1 is 1.15 bits per heavy atom. The van der Waals surface area contributed by atoms with Crippen molar-refractivity contribution in [3.63, 3.8) is 0 Å². The van der Waals surface area contributed by atoms with Crippen LogP contribution < -0.4 is 5.32 Å². The van der Waals surface area contributed by atoms with Crippen LogP contribution in [0, 0.1) is 13.8 Å². The van der Waals surface area contributed by atoms with Crippen LogP contribution in [0.25, 0.3) is 5.69 Å². The van der Waals surface area contributed by atoms with Gasteiger partial charge in [0.15, 0.2) is 0 Å². The van der Waals surface area contributed by atoms with Gasteiger partial charge in [0, 0.05) is 23.8 Å². The first-order valence-electron chi connectivity index (χ1n) is 7.39. The molecule has 3 nitrogen and oxygen atoms in total. The highest BCUT2D eigenvalue weighted by atomic mass is 15.3. The van der Waals surface area contributed by atoms with Crippen LogP contribution in [0.4, 0.5) is 0 Å². The zero-order valence-corrected chi connectivity index (χ0v) is 13.2. The molecule has 3 heteroatoms. The van der Waals surface area contributed by atoms with Gasteiger partial charge in [0.05, 0.1) is 11.9 Å². The van der Waals surface area contributed by atoms with Crippen LogP contribution >= 0.6 is 0 Å². The molecule has 0 aliphatic heterocycles. The van der Waals surface area contributed by atoms with Crippen molar-refractivity contribution in [1.29, 1.82) is 0 Å². The summed E-state index contributed by atoms with van der Waals surface area (Å²) in [6.07, 6.45) is 2.98. The summed E-state index contributed by atoms with van der Waals surface area (Å²) in [6, 6.07) is 7.07. The Hall–Kier alpha value is -1.61. The van der Waals surface area contributed by atoms with E-state index in [4.69, 9.17) is 0 Å². The molecule has 1 aromatic heterocycles. The minimum Gasteiger partial charge on any atom is -0.310 e. The van der Waals surface area contributed by atoms with Crippen LogP contribution in [-0.4, -0.2) is 15.8 Å². The molecule has 108 valence electrons. The molecule has 2 aromatic rings. The zero-order chi connectivity index (χ0) is 14.7. The summed E-state index contributed by atoms with van der Waals surface area (Å²) in [5, 5.41) is 8.06. The van der Waals surface area contributed by atoms with Crippen molar-refractivity contribution < 1.29 is 0 Å². The van der Waals surface area contributed by atoms with Gasteiger partial charge in [-0.25, -0.2) is 4.68 Å². The van der Waals surface area contributed by atoms with Gasteiger partial charge in [-0.1, -0.05) is 26.8 Å². The first-order valence-corrected chi connectivity index (χ1v) is 7.39. The van der Waals surface area contributed by atoms with Crippen molar-refractivity contribution in [2.75, 3.05) is 0 Å². The number of rotatable bonds is 5. The third-order valence-corrected chi connectivity index (χ3v) is 3.44. The maximum atomic E-state index is 4.59. The summed E-state index contributed by atoms with van der Waals surface area (Å²) in [4.78, 5) is 0. The van der Waals surface area contributed by atoms with Gasteiger partial charge >= 0.3 is 0 Å². The highest BCUT2D eigenvalue weighted by molar-refractivity contribution is 5.41. The summed E-state index contributed by atoms with van der Waals surface area (Å²) in [5.41, 5.74) is 6.30. The fourth-order valence-corrected chi connectivity index (χ4v) is 2.54. The molecule has 0 saturated heterocycles. The van der Waals surface area contributed by atoms with E-state index >= 15 is 0 Å². The van der Waals surface area contributed by atoms with Crippen molar-refractivity contribution in [3.05, 3.63) is 46.8 Å². The van der Waals surface area contributed by atoms with E-state index in [0.717, 1.165) is 18.7 Å². The molecule has 0 fully saturated rings. The average Bonchev–Trinajstić information content (AvgIpc) is 2.77. The van der Waals surface area contributed by atoms with Gasteiger partial charge in [-0.15, -0.1) is 0 Å². The molecule has 0 unspecified atom stereocenters. The number of nitrogens with zero attached hydrogens (tertiary/aromatic N) is 2. The first-order chi connectivity index (χ1) is 9.51. The quantitative estimate of drug-likeness (QED) is 0.901. The molecule has 1 heterocycles. The van der Waals surface area contributed by atoms with Gasteiger partial charge in [0.2, 0.25) is 0 Å². The predicted molar refractivity (Wildman–Crippen MR) is 84.4 cm³/mol. The summed E-state index contributed by atoms with van der Waals surface area (Å²) >= 11 is 0. The van der Waals surface area contributed by atoms with Crippen molar-refractivity contribution in [3.8, 4) is 5.69 Å². The lowest BCUT2D eigenvalue weighted by molar-refractivity contribution is 0.586. The Labute approximate surface area is 122 Å². The molecule has 0 spiro atoms. The standard InChI is InChI=1S/C17H25N3/c1-6-17-15(10-18-12(2)3)11-19-20(17)16-8-13(4)7-14(5)9-16/h7-9,11-12,18H,6,10H2,1-5H3. The molecule has 0 amide bonds. The maximum absolute atomic E-state index is 4.59. The number of hydrogen-bond acceptors (Lipinski definition) is 2. The number of nitrogens with one attached hydrogen (secondary N) is 1. The lowest BCUT2D eigenvalue weighted by Gasteiger charge is -2.11. The molecular formula is C17H25N3. The van der Waals surface area contributed by atoms with Gasteiger partial charge in [-0.3, -0.25) is 0 Å². The fraction of sp³-hybridized carbons (Fsp3) is 0.471. The molecule has 1 N–H and O–H groups in total. The van der Waals surface area contributed by atoms with Crippen LogP contribution in [-0.2, 0) is 13.0 Å². The van der Waals surface area contributed by atoms with E-state index in [9.17, 15) is 0 Å². The molecule has 0 atom stereocenters. The van der Waals surface area contributed by atoms with Crippen molar-refractivity contribution in [2.45, 2.75) is 53.6 Å². The smallest absolute Gasteiger partial charge is 0.0654 e. The van der Waals surface area contributed by atoms with Crippen molar-refractivity contribution in [1.82, 2.24) is 15.1 Å². The minimum atomic E-state index is 0.490. The molecule has 20 heavy (non-hydrogen) atoms. The van der Waals surface area contributed by atoms with E-state index in [1.807, 2.05) is 6.20 Å².